The molecule has 0 aromatic carbocycles. The molecule has 1 rings (SSSR count). The number of hydrogen-bond acceptors (Lipinski definition) is 2. The maximum atomic E-state index is 10.6. The highest BCUT2D eigenvalue weighted by Crippen LogP contribution is 2.31. The van der Waals surface area contributed by atoms with Gasteiger partial charge >= 0.3 is 5.97 Å². The Morgan fingerprint density at radius 1 is 1.43 bits per heavy atom. The van der Waals surface area contributed by atoms with E-state index in [1.165, 1.54) is 12.8 Å². The zero-order chi connectivity index (χ0) is 10.7. The summed E-state index contributed by atoms with van der Waals surface area (Å²) in [6.45, 7) is 7.37. The minimum atomic E-state index is -0.695. The van der Waals surface area contributed by atoms with E-state index in [9.17, 15) is 4.79 Å². The Morgan fingerprint density at radius 3 is 2.36 bits per heavy atom. The maximum Gasteiger partial charge on any atom is 0.304 e. The molecule has 0 saturated heterocycles. The van der Waals surface area contributed by atoms with Crippen LogP contribution in [-0.4, -0.2) is 34.6 Å². The van der Waals surface area contributed by atoms with Gasteiger partial charge in [0.1, 0.15) is 0 Å². The molecular formula is C11H21NO2. The molecule has 82 valence electrons. The summed E-state index contributed by atoms with van der Waals surface area (Å²) in [6, 6.07) is 0.609. The first-order valence-corrected chi connectivity index (χ1v) is 5.48. The third-order valence-electron chi connectivity index (χ3n) is 2.87. The van der Waals surface area contributed by atoms with Crippen LogP contribution in [0.2, 0.25) is 0 Å². The Balaban J connectivity index is 2.42. The van der Waals surface area contributed by atoms with E-state index in [1.807, 2.05) is 6.92 Å². The summed E-state index contributed by atoms with van der Waals surface area (Å²) in [6.07, 6.45) is 2.90. The summed E-state index contributed by atoms with van der Waals surface area (Å²) in [5.74, 6) is 0.132. The lowest BCUT2D eigenvalue weighted by Gasteiger charge is -2.32. The van der Waals surface area contributed by atoms with Crippen LogP contribution < -0.4 is 0 Å². The molecule has 14 heavy (non-hydrogen) atoms. The van der Waals surface area contributed by atoms with Gasteiger partial charge in [-0.2, -0.15) is 0 Å². The van der Waals surface area contributed by atoms with E-state index in [1.54, 1.807) is 0 Å². The quantitative estimate of drug-likeness (QED) is 0.711. The first kappa shape index (κ1) is 11.5. The minimum absolute atomic E-state index is 0.160. The molecule has 0 aromatic heterocycles. The van der Waals surface area contributed by atoms with Crippen LogP contribution in [0.25, 0.3) is 0 Å². The Labute approximate surface area is 86.1 Å². The van der Waals surface area contributed by atoms with Gasteiger partial charge in [-0.3, -0.25) is 9.69 Å². The van der Waals surface area contributed by atoms with Gasteiger partial charge in [-0.25, -0.2) is 0 Å². The molecular weight excluding hydrogens is 178 g/mol. The molecule has 1 atom stereocenters. The maximum absolute atomic E-state index is 10.6. The lowest BCUT2D eigenvalue weighted by molar-refractivity contribution is -0.138. The van der Waals surface area contributed by atoms with Gasteiger partial charge in [0.25, 0.3) is 0 Å². The van der Waals surface area contributed by atoms with Crippen molar-refractivity contribution in [1.29, 1.82) is 0 Å². The Bertz CT molecular complexity index is 199. The highest BCUT2D eigenvalue weighted by Gasteiger charge is 2.28. The summed E-state index contributed by atoms with van der Waals surface area (Å²) >= 11 is 0. The van der Waals surface area contributed by atoms with Crippen LogP contribution in [-0.2, 0) is 4.79 Å². The number of hydrogen-bond donors (Lipinski definition) is 1. The van der Waals surface area contributed by atoms with E-state index in [0.717, 1.165) is 12.5 Å². The number of carboxylic acid groups (broad SMARTS) is 1. The fourth-order valence-electron chi connectivity index (χ4n) is 1.87. The average molecular weight is 199 g/mol. The van der Waals surface area contributed by atoms with Crippen molar-refractivity contribution in [3.63, 3.8) is 0 Å². The van der Waals surface area contributed by atoms with Gasteiger partial charge in [0.05, 0.1) is 6.42 Å². The zero-order valence-electron chi connectivity index (χ0n) is 9.36. The normalized spacial score (nSPS) is 18.9. The van der Waals surface area contributed by atoms with Crippen molar-refractivity contribution in [3.8, 4) is 0 Å². The number of nitrogens with zero attached hydrogens (tertiary/aromatic N) is 1. The predicted octanol–water partition coefficient (Wildman–Crippen LogP) is 1.97. The average Bonchev–Trinajstić information content (AvgIpc) is 2.80. The smallest absolute Gasteiger partial charge is 0.304 e. The van der Waals surface area contributed by atoms with Crippen LogP contribution in [0.4, 0.5) is 0 Å². The number of carbonyl (C=O) groups is 1. The van der Waals surface area contributed by atoms with Gasteiger partial charge in [0.15, 0.2) is 0 Å². The number of aliphatic carboxylic acids is 1. The fraction of sp³-hybridized carbons (Fsp3) is 0.909. The number of carboxylic acids is 1. The van der Waals surface area contributed by atoms with Crippen molar-refractivity contribution < 1.29 is 9.90 Å². The molecule has 1 aliphatic carbocycles. The van der Waals surface area contributed by atoms with Gasteiger partial charge in [-0.1, -0.05) is 0 Å². The third kappa shape index (κ3) is 3.66. The van der Waals surface area contributed by atoms with Gasteiger partial charge < -0.3 is 5.11 Å². The number of rotatable bonds is 6. The van der Waals surface area contributed by atoms with Gasteiger partial charge in [-0.15, -0.1) is 0 Å². The summed E-state index contributed by atoms with van der Waals surface area (Å²) in [4.78, 5) is 12.9. The van der Waals surface area contributed by atoms with E-state index >= 15 is 0 Å². The summed E-state index contributed by atoms with van der Waals surface area (Å²) in [7, 11) is 0. The Kier molecular flexibility index (Phi) is 3.93. The molecule has 0 heterocycles. The first-order chi connectivity index (χ1) is 6.50. The highest BCUT2D eigenvalue weighted by molar-refractivity contribution is 5.67. The topological polar surface area (TPSA) is 40.5 Å². The molecule has 1 N–H and O–H groups in total. The van der Waals surface area contributed by atoms with Crippen molar-refractivity contribution >= 4 is 5.97 Å². The molecule has 1 aliphatic rings. The van der Waals surface area contributed by atoms with E-state index in [2.05, 4.69) is 18.7 Å². The van der Waals surface area contributed by atoms with Crippen molar-refractivity contribution in [3.05, 3.63) is 0 Å². The van der Waals surface area contributed by atoms with Crippen molar-refractivity contribution in [2.75, 3.05) is 6.54 Å². The molecule has 1 saturated carbocycles. The van der Waals surface area contributed by atoms with Gasteiger partial charge in [0, 0.05) is 18.6 Å². The van der Waals surface area contributed by atoms with Crippen LogP contribution in [0, 0.1) is 5.92 Å². The van der Waals surface area contributed by atoms with Crippen LogP contribution in [0.5, 0.6) is 0 Å². The predicted molar refractivity (Wildman–Crippen MR) is 56.3 cm³/mol. The van der Waals surface area contributed by atoms with Crippen LogP contribution >= 0.6 is 0 Å². The molecule has 0 amide bonds. The van der Waals surface area contributed by atoms with Crippen molar-refractivity contribution in [2.45, 2.75) is 52.1 Å². The third-order valence-corrected chi connectivity index (χ3v) is 2.87. The van der Waals surface area contributed by atoms with Crippen LogP contribution in [0.1, 0.15) is 40.0 Å². The molecule has 0 radical (unpaired) electrons. The van der Waals surface area contributed by atoms with Crippen LogP contribution in [0.15, 0.2) is 0 Å². The van der Waals surface area contributed by atoms with E-state index < -0.39 is 5.97 Å². The van der Waals surface area contributed by atoms with E-state index in [-0.39, 0.29) is 12.5 Å². The second kappa shape index (κ2) is 4.78. The molecule has 3 nitrogen and oxygen atoms in total. The lowest BCUT2D eigenvalue weighted by Crippen LogP contribution is -2.41. The fourth-order valence-corrected chi connectivity index (χ4v) is 1.87. The van der Waals surface area contributed by atoms with Crippen molar-refractivity contribution in [1.82, 2.24) is 4.90 Å². The molecule has 0 aliphatic heterocycles. The summed E-state index contributed by atoms with van der Waals surface area (Å²) in [5.41, 5.74) is 0. The molecule has 1 fully saturated rings. The SMILES string of the molecule is CC(C)N(CC1CC1)C(C)CC(=O)O. The monoisotopic (exact) mass is 199 g/mol. The molecule has 0 spiro atoms. The van der Waals surface area contributed by atoms with E-state index in [0.29, 0.717) is 6.04 Å². The standard InChI is InChI=1S/C11H21NO2/c1-8(2)12(7-10-4-5-10)9(3)6-11(13)14/h8-10H,4-7H2,1-3H3,(H,13,14). The van der Waals surface area contributed by atoms with E-state index in [4.69, 9.17) is 5.11 Å². The van der Waals surface area contributed by atoms with Crippen LogP contribution in [0.3, 0.4) is 0 Å². The molecule has 3 heteroatoms. The minimum Gasteiger partial charge on any atom is -0.481 e. The zero-order valence-corrected chi connectivity index (χ0v) is 9.36. The highest BCUT2D eigenvalue weighted by atomic mass is 16.4. The Morgan fingerprint density at radius 2 is 2.00 bits per heavy atom. The molecule has 0 bridgehead atoms. The Hall–Kier alpha value is -0.570. The second-order valence-electron chi connectivity index (χ2n) is 4.68. The lowest BCUT2D eigenvalue weighted by atomic mass is 10.1. The first-order valence-electron chi connectivity index (χ1n) is 5.48. The van der Waals surface area contributed by atoms with Gasteiger partial charge in [-0.05, 0) is 39.5 Å². The van der Waals surface area contributed by atoms with Crippen molar-refractivity contribution in [2.24, 2.45) is 5.92 Å². The second-order valence-corrected chi connectivity index (χ2v) is 4.68. The molecule has 1 unspecified atom stereocenters. The summed E-state index contributed by atoms with van der Waals surface area (Å²) in [5, 5.41) is 8.74. The molecule has 0 aromatic rings. The largest absolute Gasteiger partial charge is 0.481 e. The summed E-state index contributed by atoms with van der Waals surface area (Å²) < 4.78 is 0. The van der Waals surface area contributed by atoms with Gasteiger partial charge in [0.2, 0.25) is 0 Å².